The van der Waals surface area contributed by atoms with E-state index in [1.807, 2.05) is 13.1 Å². The van der Waals surface area contributed by atoms with Gasteiger partial charge < -0.3 is 4.90 Å². The van der Waals surface area contributed by atoms with Gasteiger partial charge in [0.25, 0.3) is 0 Å². The fourth-order valence-corrected chi connectivity index (χ4v) is 3.51. The molecular weight excluding hydrogens is 264 g/mol. The lowest BCUT2D eigenvalue weighted by atomic mass is 10.1. The standard InChI is InChI=1S/C12H16N4O2S/c1-16-7-4-10(5-8-16)15-19(17,18)12-3-2-6-14-11(12)9-13/h2-3,6,10,15H,4-5,7-8H2,1H3. The van der Waals surface area contributed by atoms with Crippen molar-refractivity contribution in [3.63, 3.8) is 0 Å². The molecule has 0 aliphatic carbocycles. The first-order chi connectivity index (χ1) is 9.03. The van der Waals surface area contributed by atoms with Gasteiger partial charge in [-0.15, -0.1) is 0 Å². The number of hydrogen-bond donors (Lipinski definition) is 1. The van der Waals surface area contributed by atoms with E-state index >= 15 is 0 Å². The SMILES string of the molecule is CN1CCC(NS(=O)(=O)c2cccnc2C#N)CC1. The summed E-state index contributed by atoms with van der Waals surface area (Å²) in [6.45, 7) is 1.73. The lowest BCUT2D eigenvalue weighted by molar-refractivity contribution is 0.248. The molecule has 0 unspecified atom stereocenters. The van der Waals surface area contributed by atoms with Crippen LogP contribution in [0, 0.1) is 11.3 Å². The zero-order valence-electron chi connectivity index (χ0n) is 10.7. The molecule has 1 saturated heterocycles. The third kappa shape index (κ3) is 3.29. The number of nitrogens with zero attached hydrogens (tertiary/aromatic N) is 3. The molecule has 0 amide bonds. The second kappa shape index (κ2) is 5.65. The molecule has 1 aliphatic heterocycles. The molecule has 1 fully saturated rings. The molecule has 19 heavy (non-hydrogen) atoms. The second-order valence-electron chi connectivity index (χ2n) is 4.66. The van der Waals surface area contributed by atoms with Crippen molar-refractivity contribution in [1.29, 1.82) is 5.26 Å². The van der Waals surface area contributed by atoms with Crippen LogP contribution < -0.4 is 4.72 Å². The minimum absolute atomic E-state index is 0.0450. The van der Waals surface area contributed by atoms with Gasteiger partial charge in [0.1, 0.15) is 11.0 Å². The highest BCUT2D eigenvalue weighted by Gasteiger charge is 2.25. The van der Waals surface area contributed by atoms with Gasteiger partial charge in [0.05, 0.1) is 0 Å². The molecular formula is C12H16N4O2S. The van der Waals surface area contributed by atoms with E-state index in [0.717, 1.165) is 25.9 Å². The molecule has 1 aromatic rings. The predicted octanol–water partition coefficient (Wildman–Crippen LogP) is 0.326. The van der Waals surface area contributed by atoms with Crippen LogP contribution in [0.3, 0.4) is 0 Å². The maximum atomic E-state index is 12.2. The van der Waals surface area contributed by atoms with Crippen LogP contribution in [-0.2, 0) is 10.0 Å². The molecule has 0 spiro atoms. The molecule has 102 valence electrons. The summed E-state index contributed by atoms with van der Waals surface area (Å²) in [7, 11) is -1.66. The summed E-state index contributed by atoms with van der Waals surface area (Å²) in [6, 6.07) is 4.66. The Morgan fingerprint density at radius 1 is 1.47 bits per heavy atom. The van der Waals surface area contributed by atoms with Gasteiger partial charge in [0.15, 0.2) is 5.69 Å². The average Bonchev–Trinajstić information content (AvgIpc) is 2.41. The number of piperidine rings is 1. The molecule has 2 heterocycles. The first kappa shape index (κ1) is 13.9. The first-order valence-electron chi connectivity index (χ1n) is 6.09. The number of nitrogens with one attached hydrogen (secondary N) is 1. The van der Waals surface area contributed by atoms with Crippen molar-refractivity contribution in [2.75, 3.05) is 20.1 Å². The zero-order chi connectivity index (χ0) is 13.9. The minimum Gasteiger partial charge on any atom is -0.306 e. The Morgan fingerprint density at radius 2 is 2.16 bits per heavy atom. The Balaban J connectivity index is 2.17. The number of nitriles is 1. The lowest BCUT2D eigenvalue weighted by Crippen LogP contribution is -2.43. The van der Waals surface area contributed by atoms with Crippen molar-refractivity contribution >= 4 is 10.0 Å². The lowest BCUT2D eigenvalue weighted by Gasteiger charge is -2.29. The Bertz CT molecular complexity index is 586. The van der Waals surface area contributed by atoms with Crippen LogP contribution in [0.1, 0.15) is 18.5 Å². The maximum absolute atomic E-state index is 12.2. The van der Waals surface area contributed by atoms with Gasteiger partial charge >= 0.3 is 0 Å². The summed E-state index contributed by atoms with van der Waals surface area (Å²) in [5.74, 6) is 0. The number of aromatic nitrogens is 1. The van der Waals surface area contributed by atoms with E-state index < -0.39 is 10.0 Å². The van der Waals surface area contributed by atoms with Crippen LogP contribution in [-0.4, -0.2) is 44.5 Å². The Kier molecular flexibility index (Phi) is 4.14. The minimum atomic E-state index is -3.67. The highest BCUT2D eigenvalue weighted by atomic mass is 32.2. The molecule has 0 aromatic carbocycles. The van der Waals surface area contributed by atoms with Crippen LogP contribution in [0.4, 0.5) is 0 Å². The highest BCUT2D eigenvalue weighted by Crippen LogP contribution is 2.15. The fourth-order valence-electron chi connectivity index (χ4n) is 2.10. The van der Waals surface area contributed by atoms with E-state index in [4.69, 9.17) is 5.26 Å². The van der Waals surface area contributed by atoms with Gasteiger partial charge in [-0.3, -0.25) is 0 Å². The van der Waals surface area contributed by atoms with Crippen molar-refractivity contribution in [2.45, 2.75) is 23.8 Å². The predicted molar refractivity (Wildman–Crippen MR) is 69.8 cm³/mol. The summed E-state index contributed by atoms with van der Waals surface area (Å²) in [5.41, 5.74) is -0.0667. The first-order valence-corrected chi connectivity index (χ1v) is 7.57. The summed E-state index contributed by atoms with van der Waals surface area (Å²) >= 11 is 0. The van der Waals surface area contributed by atoms with Gasteiger partial charge in [-0.05, 0) is 45.1 Å². The van der Waals surface area contributed by atoms with Crippen molar-refractivity contribution in [3.8, 4) is 6.07 Å². The summed E-state index contributed by atoms with van der Waals surface area (Å²) < 4.78 is 27.2. The molecule has 6 nitrogen and oxygen atoms in total. The molecule has 7 heteroatoms. The van der Waals surface area contributed by atoms with E-state index in [1.165, 1.54) is 18.3 Å². The van der Waals surface area contributed by atoms with Crippen LogP contribution in [0.25, 0.3) is 0 Å². The molecule has 0 saturated carbocycles. The molecule has 0 bridgehead atoms. The van der Waals surface area contributed by atoms with Crippen LogP contribution in [0.15, 0.2) is 23.2 Å². The number of rotatable bonds is 3. The maximum Gasteiger partial charge on any atom is 0.243 e. The molecule has 1 aliphatic rings. The summed E-state index contributed by atoms with van der Waals surface area (Å²) in [4.78, 5) is 5.90. The third-order valence-electron chi connectivity index (χ3n) is 3.21. The third-order valence-corrected chi connectivity index (χ3v) is 4.76. The van der Waals surface area contributed by atoms with Crippen molar-refractivity contribution in [1.82, 2.24) is 14.6 Å². The topological polar surface area (TPSA) is 86.1 Å². The number of likely N-dealkylation sites (tertiary alicyclic amines) is 1. The molecule has 1 aromatic heterocycles. The van der Waals surface area contributed by atoms with E-state index in [1.54, 1.807) is 0 Å². The van der Waals surface area contributed by atoms with Gasteiger partial charge in [-0.1, -0.05) is 0 Å². The largest absolute Gasteiger partial charge is 0.306 e. The Labute approximate surface area is 113 Å². The average molecular weight is 280 g/mol. The van der Waals surface area contributed by atoms with Gasteiger partial charge in [0.2, 0.25) is 10.0 Å². The monoisotopic (exact) mass is 280 g/mol. The molecule has 1 N–H and O–H groups in total. The Hall–Kier alpha value is -1.49. The number of sulfonamides is 1. The summed E-state index contributed by atoms with van der Waals surface area (Å²) in [5, 5.41) is 8.91. The van der Waals surface area contributed by atoms with Crippen LogP contribution >= 0.6 is 0 Å². The fraction of sp³-hybridized carbons (Fsp3) is 0.500. The van der Waals surface area contributed by atoms with Crippen LogP contribution in [0.5, 0.6) is 0 Å². The van der Waals surface area contributed by atoms with Crippen molar-refractivity contribution in [3.05, 3.63) is 24.0 Å². The van der Waals surface area contributed by atoms with E-state index in [9.17, 15) is 8.42 Å². The van der Waals surface area contributed by atoms with E-state index in [-0.39, 0.29) is 16.6 Å². The normalized spacial score (nSPS) is 18.1. The molecule has 0 radical (unpaired) electrons. The van der Waals surface area contributed by atoms with E-state index in [0.29, 0.717) is 0 Å². The van der Waals surface area contributed by atoms with Crippen LogP contribution in [0.2, 0.25) is 0 Å². The van der Waals surface area contributed by atoms with Gasteiger partial charge in [-0.25, -0.2) is 18.1 Å². The summed E-state index contributed by atoms with van der Waals surface area (Å²) in [6.07, 6.45) is 2.96. The number of pyridine rings is 1. The van der Waals surface area contributed by atoms with E-state index in [2.05, 4.69) is 14.6 Å². The van der Waals surface area contributed by atoms with Gasteiger partial charge in [0, 0.05) is 12.2 Å². The van der Waals surface area contributed by atoms with Crippen molar-refractivity contribution < 1.29 is 8.42 Å². The smallest absolute Gasteiger partial charge is 0.243 e. The molecule has 2 rings (SSSR count). The Morgan fingerprint density at radius 3 is 2.79 bits per heavy atom. The van der Waals surface area contributed by atoms with Gasteiger partial charge in [-0.2, -0.15) is 5.26 Å². The number of hydrogen-bond acceptors (Lipinski definition) is 5. The highest BCUT2D eigenvalue weighted by molar-refractivity contribution is 7.89. The molecule has 0 atom stereocenters. The quantitative estimate of drug-likeness (QED) is 0.862. The second-order valence-corrected chi connectivity index (χ2v) is 6.34. The van der Waals surface area contributed by atoms with Crippen molar-refractivity contribution in [2.24, 2.45) is 0 Å². The zero-order valence-corrected chi connectivity index (χ0v) is 11.5.